The third kappa shape index (κ3) is 6.65. The molecule has 1 saturated heterocycles. The van der Waals surface area contributed by atoms with Gasteiger partial charge in [-0.2, -0.15) is 0 Å². The van der Waals surface area contributed by atoms with Crippen LogP contribution in [0.5, 0.6) is 5.75 Å². The standard InChI is InChI=1S/C27H32N2O4S/c1-19-6-9-25(23(14-19)24-18-34-26(28-24)4-3-5-27(30)31)33-17-22-8-7-21(15-20(22)2)16-29-10-12-32-13-11-29/h6-9,14-15,18H,3-5,10-13,16-17H2,1-2H3,(H,30,31). The number of ether oxygens (including phenoxy) is 2. The van der Waals surface area contributed by atoms with Crippen LogP contribution in [0.3, 0.4) is 0 Å². The highest BCUT2D eigenvalue weighted by Crippen LogP contribution is 2.33. The summed E-state index contributed by atoms with van der Waals surface area (Å²) in [4.78, 5) is 18.0. The van der Waals surface area contributed by atoms with Crippen LogP contribution < -0.4 is 4.74 Å². The van der Waals surface area contributed by atoms with E-state index in [1.165, 1.54) is 16.7 Å². The Morgan fingerprint density at radius 3 is 2.76 bits per heavy atom. The molecule has 1 N–H and O–H groups in total. The molecule has 0 bridgehead atoms. The van der Waals surface area contributed by atoms with Crippen molar-refractivity contribution in [3.8, 4) is 17.0 Å². The van der Waals surface area contributed by atoms with E-state index in [2.05, 4.69) is 49.1 Å². The maximum atomic E-state index is 10.8. The van der Waals surface area contributed by atoms with Gasteiger partial charge in [0, 0.05) is 37.0 Å². The first-order valence-corrected chi connectivity index (χ1v) is 12.6. The van der Waals surface area contributed by atoms with Crippen molar-refractivity contribution in [1.82, 2.24) is 9.88 Å². The lowest BCUT2D eigenvalue weighted by molar-refractivity contribution is -0.137. The van der Waals surface area contributed by atoms with Gasteiger partial charge >= 0.3 is 5.97 Å². The number of carboxylic acid groups (broad SMARTS) is 1. The van der Waals surface area contributed by atoms with Crippen LogP contribution in [0.25, 0.3) is 11.3 Å². The van der Waals surface area contributed by atoms with E-state index in [1.54, 1.807) is 11.3 Å². The second kappa shape index (κ2) is 11.6. The molecular formula is C27H32N2O4S. The fourth-order valence-electron chi connectivity index (χ4n) is 4.10. The zero-order valence-corrected chi connectivity index (χ0v) is 20.7. The molecule has 1 aromatic heterocycles. The minimum Gasteiger partial charge on any atom is -0.488 e. The van der Waals surface area contributed by atoms with Crippen LogP contribution >= 0.6 is 11.3 Å². The number of hydrogen-bond donors (Lipinski definition) is 1. The Balaban J connectivity index is 1.42. The summed E-state index contributed by atoms with van der Waals surface area (Å²) in [6.07, 6.45) is 1.44. The van der Waals surface area contributed by atoms with Gasteiger partial charge in [0.25, 0.3) is 0 Å². The molecule has 4 rings (SSSR count). The van der Waals surface area contributed by atoms with Crippen molar-refractivity contribution in [2.75, 3.05) is 26.3 Å². The van der Waals surface area contributed by atoms with E-state index in [0.29, 0.717) is 19.4 Å². The molecule has 2 heterocycles. The Bertz CT molecular complexity index is 1120. The highest BCUT2D eigenvalue weighted by molar-refractivity contribution is 7.09. The van der Waals surface area contributed by atoms with Gasteiger partial charge in [-0.05, 0) is 55.5 Å². The monoisotopic (exact) mass is 480 g/mol. The van der Waals surface area contributed by atoms with Gasteiger partial charge in [-0.25, -0.2) is 4.98 Å². The number of aryl methyl sites for hydroxylation is 3. The van der Waals surface area contributed by atoms with E-state index in [0.717, 1.165) is 60.4 Å². The van der Waals surface area contributed by atoms with Crippen molar-refractivity contribution in [3.05, 3.63) is 69.0 Å². The summed E-state index contributed by atoms with van der Waals surface area (Å²) < 4.78 is 11.7. The number of carboxylic acids is 1. The Kier molecular flexibility index (Phi) is 8.32. The molecule has 0 saturated carbocycles. The SMILES string of the molecule is Cc1ccc(OCc2ccc(CN3CCOCC3)cc2C)c(-c2csc(CCCC(=O)O)n2)c1. The smallest absolute Gasteiger partial charge is 0.303 e. The van der Waals surface area contributed by atoms with E-state index in [1.807, 2.05) is 11.4 Å². The molecule has 6 nitrogen and oxygen atoms in total. The highest BCUT2D eigenvalue weighted by atomic mass is 32.1. The molecule has 0 spiro atoms. The minimum absolute atomic E-state index is 0.165. The summed E-state index contributed by atoms with van der Waals surface area (Å²) in [6, 6.07) is 12.8. The van der Waals surface area contributed by atoms with E-state index in [9.17, 15) is 4.79 Å². The maximum Gasteiger partial charge on any atom is 0.303 e. The fraction of sp³-hybridized carbons (Fsp3) is 0.407. The number of rotatable bonds is 10. The lowest BCUT2D eigenvalue weighted by Gasteiger charge is -2.26. The number of morpholine rings is 1. The number of aromatic nitrogens is 1. The topological polar surface area (TPSA) is 71.9 Å². The van der Waals surface area contributed by atoms with Crippen molar-refractivity contribution in [3.63, 3.8) is 0 Å². The Morgan fingerprint density at radius 1 is 1.18 bits per heavy atom. The van der Waals surface area contributed by atoms with Gasteiger partial charge in [0.2, 0.25) is 0 Å². The summed E-state index contributed by atoms with van der Waals surface area (Å²) in [5, 5.41) is 11.8. The maximum absolute atomic E-state index is 10.8. The van der Waals surface area contributed by atoms with Crippen LogP contribution in [-0.4, -0.2) is 47.3 Å². The van der Waals surface area contributed by atoms with Gasteiger partial charge in [-0.15, -0.1) is 11.3 Å². The molecule has 1 aliphatic rings. The van der Waals surface area contributed by atoms with Gasteiger partial charge in [0.1, 0.15) is 12.4 Å². The lowest BCUT2D eigenvalue weighted by atomic mass is 10.0. The fourth-order valence-corrected chi connectivity index (χ4v) is 4.94. The van der Waals surface area contributed by atoms with Gasteiger partial charge in [0.15, 0.2) is 0 Å². The second-order valence-corrected chi connectivity index (χ2v) is 9.75. The number of thiazole rings is 1. The van der Waals surface area contributed by atoms with Gasteiger partial charge in [0.05, 0.1) is 23.9 Å². The molecule has 1 aliphatic heterocycles. The Labute approximate surface area is 205 Å². The first kappa shape index (κ1) is 24.4. The predicted octanol–water partition coefficient (Wildman–Crippen LogP) is 5.25. The zero-order valence-electron chi connectivity index (χ0n) is 19.9. The lowest BCUT2D eigenvalue weighted by Crippen LogP contribution is -2.35. The molecular weight excluding hydrogens is 448 g/mol. The van der Waals surface area contributed by atoms with Crippen molar-refractivity contribution in [2.24, 2.45) is 0 Å². The van der Waals surface area contributed by atoms with Gasteiger partial charge in [-0.1, -0.05) is 29.8 Å². The highest BCUT2D eigenvalue weighted by Gasteiger charge is 2.14. The van der Waals surface area contributed by atoms with Crippen LogP contribution in [0, 0.1) is 13.8 Å². The zero-order chi connectivity index (χ0) is 23.9. The molecule has 0 unspecified atom stereocenters. The largest absolute Gasteiger partial charge is 0.488 e. The van der Waals surface area contributed by atoms with Crippen LogP contribution in [0.2, 0.25) is 0 Å². The van der Waals surface area contributed by atoms with Crippen LogP contribution in [-0.2, 0) is 29.1 Å². The van der Waals surface area contributed by atoms with Crippen LogP contribution in [0.1, 0.15) is 40.1 Å². The molecule has 7 heteroatoms. The van der Waals surface area contributed by atoms with Crippen molar-refractivity contribution in [2.45, 2.75) is 46.3 Å². The first-order valence-electron chi connectivity index (χ1n) is 11.8. The summed E-state index contributed by atoms with van der Waals surface area (Å²) in [5.41, 5.74) is 6.72. The number of carbonyl (C=O) groups is 1. The van der Waals surface area contributed by atoms with E-state index >= 15 is 0 Å². The van der Waals surface area contributed by atoms with E-state index in [-0.39, 0.29) is 6.42 Å². The molecule has 34 heavy (non-hydrogen) atoms. The third-order valence-electron chi connectivity index (χ3n) is 6.04. The Hall–Kier alpha value is -2.74. The van der Waals surface area contributed by atoms with Gasteiger partial charge < -0.3 is 14.6 Å². The van der Waals surface area contributed by atoms with Crippen molar-refractivity contribution in [1.29, 1.82) is 0 Å². The van der Waals surface area contributed by atoms with E-state index in [4.69, 9.17) is 19.6 Å². The van der Waals surface area contributed by atoms with Crippen LogP contribution in [0.15, 0.2) is 41.8 Å². The third-order valence-corrected chi connectivity index (χ3v) is 6.95. The molecule has 1 fully saturated rings. The molecule has 3 aromatic rings. The van der Waals surface area contributed by atoms with Crippen molar-refractivity contribution < 1.29 is 19.4 Å². The number of benzene rings is 2. The normalized spacial score (nSPS) is 14.3. The Morgan fingerprint density at radius 2 is 2.00 bits per heavy atom. The number of aliphatic carboxylic acids is 1. The summed E-state index contributed by atoms with van der Waals surface area (Å²) in [7, 11) is 0. The quantitative estimate of drug-likeness (QED) is 0.428. The number of nitrogens with zero attached hydrogens (tertiary/aromatic N) is 2. The summed E-state index contributed by atoms with van der Waals surface area (Å²) in [6.45, 7) is 9.24. The first-order chi connectivity index (χ1) is 16.5. The second-order valence-electron chi connectivity index (χ2n) is 8.81. The molecule has 0 atom stereocenters. The van der Waals surface area contributed by atoms with Crippen molar-refractivity contribution >= 4 is 17.3 Å². The molecule has 0 amide bonds. The number of hydrogen-bond acceptors (Lipinski definition) is 6. The molecule has 0 radical (unpaired) electrons. The molecule has 2 aromatic carbocycles. The average Bonchev–Trinajstić information content (AvgIpc) is 3.28. The summed E-state index contributed by atoms with van der Waals surface area (Å²) >= 11 is 1.57. The molecule has 180 valence electrons. The molecule has 0 aliphatic carbocycles. The van der Waals surface area contributed by atoms with Crippen LogP contribution in [0.4, 0.5) is 0 Å². The summed E-state index contributed by atoms with van der Waals surface area (Å²) in [5.74, 6) is 0.0420. The van der Waals surface area contributed by atoms with Gasteiger partial charge in [-0.3, -0.25) is 9.69 Å². The van der Waals surface area contributed by atoms with E-state index < -0.39 is 5.97 Å². The predicted molar refractivity (Wildman–Crippen MR) is 134 cm³/mol. The average molecular weight is 481 g/mol. The minimum atomic E-state index is -0.768.